The van der Waals surface area contributed by atoms with Gasteiger partial charge in [0.2, 0.25) is 0 Å². The molecular formula is C17H25NO2S. The van der Waals surface area contributed by atoms with Crippen molar-refractivity contribution in [3.8, 4) is 0 Å². The molecule has 2 heterocycles. The summed E-state index contributed by atoms with van der Waals surface area (Å²) in [6.45, 7) is 9.69. The van der Waals surface area contributed by atoms with Crippen LogP contribution in [0.4, 0.5) is 0 Å². The van der Waals surface area contributed by atoms with Crippen molar-refractivity contribution in [2.45, 2.75) is 64.3 Å². The second-order valence-electron chi connectivity index (χ2n) is 7.37. The molecule has 0 radical (unpaired) electrons. The van der Waals surface area contributed by atoms with E-state index >= 15 is 0 Å². The molecule has 0 aromatic carbocycles. The van der Waals surface area contributed by atoms with E-state index in [1.54, 1.807) is 11.3 Å². The van der Waals surface area contributed by atoms with Crippen LogP contribution in [0.2, 0.25) is 0 Å². The first-order valence-corrected chi connectivity index (χ1v) is 8.68. The van der Waals surface area contributed by atoms with Gasteiger partial charge >= 0.3 is 0 Å². The summed E-state index contributed by atoms with van der Waals surface area (Å²) < 4.78 is 6.02. The third kappa shape index (κ3) is 3.08. The van der Waals surface area contributed by atoms with Crippen LogP contribution in [-0.2, 0) is 16.1 Å². The molecule has 1 aliphatic heterocycles. The van der Waals surface area contributed by atoms with Crippen LogP contribution in [0.15, 0.2) is 17.5 Å². The highest BCUT2D eigenvalue weighted by molar-refractivity contribution is 7.09. The molecule has 2 aliphatic rings. The molecule has 0 bridgehead atoms. The maximum Gasteiger partial charge on any atom is 0.171 e. The lowest BCUT2D eigenvalue weighted by atomic mass is 9.85. The monoisotopic (exact) mass is 307 g/mol. The number of ketones is 1. The Morgan fingerprint density at radius 1 is 1.33 bits per heavy atom. The van der Waals surface area contributed by atoms with Crippen LogP contribution in [0.3, 0.4) is 0 Å². The maximum absolute atomic E-state index is 12.7. The summed E-state index contributed by atoms with van der Waals surface area (Å²) in [7, 11) is 0. The molecule has 1 aromatic heterocycles. The number of nitrogens with zero attached hydrogens (tertiary/aromatic N) is 1. The molecule has 1 aromatic rings. The number of hydrogen-bond acceptors (Lipinski definition) is 4. The predicted molar refractivity (Wildman–Crippen MR) is 85.5 cm³/mol. The van der Waals surface area contributed by atoms with Crippen molar-refractivity contribution < 1.29 is 9.53 Å². The minimum absolute atomic E-state index is 0.0342. The number of Topliss-reactive ketones (excluding diaryl/α,β-unsaturated/α-hetero) is 1. The molecule has 21 heavy (non-hydrogen) atoms. The molecule has 1 saturated carbocycles. The van der Waals surface area contributed by atoms with E-state index in [2.05, 4.69) is 36.3 Å². The highest BCUT2D eigenvalue weighted by Crippen LogP contribution is 2.41. The summed E-state index contributed by atoms with van der Waals surface area (Å²) in [6, 6.07) is 4.93. The average molecular weight is 307 g/mol. The molecule has 2 fully saturated rings. The molecule has 1 aliphatic carbocycles. The zero-order valence-electron chi connectivity index (χ0n) is 13.4. The number of carbonyl (C=O) groups is 1. The van der Waals surface area contributed by atoms with E-state index in [9.17, 15) is 4.79 Å². The summed E-state index contributed by atoms with van der Waals surface area (Å²) in [6.07, 6.45) is 2.52. The quantitative estimate of drug-likeness (QED) is 0.834. The Morgan fingerprint density at radius 2 is 2.05 bits per heavy atom. The summed E-state index contributed by atoms with van der Waals surface area (Å²) >= 11 is 1.80. The molecule has 1 saturated heterocycles. The molecule has 1 unspecified atom stereocenters. The molecule has 0 amide bonds. The summed E-state index contributed by atoms with van der Waals surface area (Å²) in [5.74, 6) is 0.220. The van der Waals surface area contributed by atoms with Gasteiger partial charge in [-0.15, -0.1) is 11.3 Å². The van der Waals surface area contributed by atoms with Gasteiger partial charge in [0, 0.05) is 24.0 Å². The SMILES string of the molecule is CC1(C)OC(C)(C)C(CN(Cc2cccs2)C2CC2)C1=O. The van der Waals surface area contributed by atoms with Crippen molar-refractivity contribution in [1.82, 2.24) is 4.90 Å². The second kappa shape index (κ2) is 5.18. The average Bonchev–Trinajstić information content (AvgIpc) is 3.06. The lowest BCUT2D eigenvalue weighted by Gasteiger charge is -2.30. The Kier molecular flexibility index (Phi) is 3.75. The highest BCUT2D eigenvalue weighted by Gasteiger charge is 2.54. The Balaban J connectivity index is 1.75. The lowest BCUT2D eigenvalue weighted by Crippen LogP contribution is -2.41. The van der Waals surface area contributed by atoms with Gasteiger partial charge in [0.05, 0.1) is 11.5 Å². The van der Waals surface area contributed by atoms with Crippen molar-refractivity contribution in [3.63, 3.8) is 0 Å². The number of carbonyl (C=O) groups excluding carboxylic acids is 1. The fourth-order valence-corrected chi connectivity index (χ4v) is 4.17. The maximum atomic E-state index is 12.7. The van der Waals surface area contributed by atoms with Crippen LogP contribution in [0.25, 0.3) is 0 Å². The highest BCUT2D eigenvalue weighted by atomic mass is 32.1. The van der Waals surface area contributed by atoms with E-state index in [-0.39, 0.29) is 17.3 Å². The molecule has 116 valence electrons. The van der Waals surface area contributed by atoms with E-state index in [4.69, 9.17) is 4.74 Å². The zero-order valence-corrected chi connectivity index (χ0v) is 14.2. The van der Waals surface area contributed by atoms with Crippen molar-refractivity contribution >= 4 is 17.1 Å². The second-order valence-corrected chi connectivity index (χ2v) is 8.40. The number of hydrogen-bond donors (Lipinski definition) is 0. The molecule has 0 spiro atoms. The Morgan fingerprint density at radius 3 is 2.52 bits per heavy atom. The van der Waals surface area contributed by atoms with Gasteiger partial charge in [0.25, 0.3) is 0 Å². The third-order valence-electron chi connectivity index (χ3n) is 4.69. The van der Waals surface area contributed by atoms with Crippen molar-refractivity contribution in [3.05, 3.63) is 22.4 Å². The van der Waals surface area contributed by atoms with Crippen LogP contribution >= 0.6 is 11.3 Å². The topological polar surface area (TPSA) is 29.5 Å². The van der Waals surface area contributed by atoms with E-state index in [0.717, 1.165) is 13.1 Å². The van der Waals surface area contributed by atoms with Gasteiger partial charge in [-0.3, -0.25) is 9.69 Å². The van der Waals surface area contributed by atoms with Crippen LogP contribution in [-0.4, -0.2) is 34.5 Å². The molecule has 1 atom stereocenters. The normalized spacial score (nSPS) is 27.5. The van der Waals surface area contributed by atoms with Crippen LogP contribution in [0, 0.1) is 5.92 Å². The van der Waals surface area contributed by atoms with Crippen molar-refractivity contribution in [2.24, 2.45) is 5.92 Å². The lowest BCUT2D eigenvalue weighted by molar-refractivity contribution is -0.132. The standard InChI is InChI=1S/C17H25NO2S/c1-16(2)14(15(19)17(3,4)20-16)11-18(12-7-8-12)10-13-6-5-9-21-13/h5-6,9,12,14H,7-8,10-11H2,1-4H3. The largest absolute Gasteiger partial charge is 0.361 e. The zero-order chi connectivity index (χ0) is 15.3. The van der Waals surface area contributed by atoms with Crippen LogP contribution in [0.1, 0.15) is 45.4 Å². The van der Waals surface area contributed by atoms with Crippen molar-refractivity contribution in [1.29, 1.82) is 0 Å². The number of ether oxygens (including phenoxy) is 1. The summed E-state index contributed by atoms with van der Waals surface area (Å²) in [4.78, 5) is 16.5. The fraction of sp³-hybridized carbons (Fsp3) is 0.706. The molecule has 3 nitrogen and oxygen atoms in total. The summed E-state index contributed by atoms with van der Waals surface area (Å²) in [5.41, 5.74) is -1.02. The number of rotatable bonds is 5. The van der Waals surface area contributed by atoms with Gasteiger partial charge in [-0.2, -0.15) is 0 Å². The Bertz CT molecular complexity index is 517. The van der Waals surface area contributed by atoms with Gasteiger partial charge < -0.3 is 4.74 Å². The van der Waals surface area contributed by atoms with E-state index < -0.39 is 5.60 Å². The van der Waals surface area contributed by atoms with Gasteiger partial charge in [0.15, 0.2) is 5.78 Å². The smallest absolute Gasteiger partial charge is 0.171 e. The van der Waals surface area contributed by atoms with Crippen LogP contribution < -0.4 is 0 Å². The fourth-order valence-electron chi connectivity index (χ4n) is 3.44. The predicted octanol–water partition coefficient (Wildman–Crippen LogP) is 3.49. The minimum Gasteiger partial charge on any atom is -0.361 e. The van der Waals surface area contributed by atoms with E-state index in [1.807, 2.05) is 13.8 Å². The van der Waals surface area contributed by atoms with Crippen LogP contribution in [0.5, 0.6) is 0 Å². The van der Waals surface area contributed by atoms with E-state index in [1.165, 1.54) is 17.7 Å². The molecular weight excluding hydrogens is 282 g/mol. The number of thiophene rings is 1. The van der Waals surface area contributed by atoms with Gasteiger partial charge in [-0.25, -0.2) is 0 Å². The first-order valence-electron chi connectivity index (χ1n) is 7.80. The molecule has 0 N–H and O–H groups in total. The van der Waals surface area contributed by atoms with Gasteiger partial charge in [-0.1, -0.05) is 6.07 Å². The third-order valence-corrected chi connectivity index (χ3v) is 5.55. The molecule has 4 heteroatoms. The first kappa shape index (κ1) is 15.2. The van der Waals surface area contributed by atoms with E-state index in [0.29, 0.717) is 6.04 Å². The Labute approximate surface area is 131 Å². The van der Waals surface area contributed by atoms with Crippen molar-refractivity contribution in [2.75, 3.05) is 6.54 Å². The Hall–Kier alpha value is -0.710. The molecule has 3 rings (SSSR count). The van der Waals surface area contributed by atoms with Gasteiger partial charge in [0.1, 0.15) is 5.60 Å². The van der Waals surface area contributed by atoms with Gasteiger partial charge in [-0.05, 0) is 52.0 Å². The summed E-state index contributed by atoms with van der Waals surface area (Å²) in [5, 5.41) is 2.12. The minimum atomic E-state index is -0.647. The first-order chi connectivity index (χ1) is 9.79.